The van der Waals surface area contributed by atoms with Gasteiger partial charge in [-0.15, -0.1) is 0 Å². The van der Waals surface area contributed by atoms with Gasteiger partial charge in [0.2, 0.25) is 0 Å². The van der Waals surface area contributed by atoms with Crippen LogP contribution in [0.25, 0.3) is 0 Å². The quantitative estimate of drug-likeness (QED) is 0.855. The van der Waals surface area contributed by atoms with Crippen LogP contribution in [-0.2, 0) is 13.0 Å². The molecule has 3 rings (SSSR count). The zero-order chi connectivity index (χ0) is 12.5. The van der Waals surface area contributed by atoms with E-state index in [2.05, 4.69) is 24.5 Å². The fourth-order valence-electron chi connectivity index (χ4n) is 2.29. The van der Waals surface area contributed by atoms with E-state index in [0.717, 1.165) is 30.9 Å². The lowest BCUT2D eigenvalue weighted by molar-refractivity contribution is 0.0918. The zero-order valence-corrected chi connectivity index (χ0v) is 10.1. The van der Waals surface area contributed by atoms with Crippen LogP contribution in [0.3, 0.4) is 0 Å². The Morgan fingerprint density at radius 1 is 1.61 bits per heavy atom. The molecule has 1 aliphatic rings. The van der Waals surface area contributed by atoms with Crippen molar-refractivity contribution in [3.05, 3.63) is 35.7 Å². The van der Waals surface area contributed by atoms with Gasteiger partial charge in [-0.1, -0.05) is 5.16 Å². The van der Waals surface area contributed by atoms with Gasteiger partial charge in [-0.05, 0) is 13.3 Å². The Labute approximate surface area is 104 Å². The predicted molar refractivity (Wildman–Crippen MR) is 63.0 cm³/mol. The third-order valence-corrected chi connectivity index (χ3v) is 3.12. The molecule has 1 atom stereocenters. The van der Waals surface area contributed by atoms with Crippen LogP contribution in [0.2, 0.25) is 0 Å². The van der Waals surface area contributed by atoms with E-state index in [-0.39, 0.29) is 11.9 Å². The van der Waals surface area contributed by atoms with Crippen LogP contribution in [0, 0.1) is 6.92 Å². The number of carbonyl (C=O) groups is 1. The minimum absolute atomic E-state index is 0.121. The van der Waals surface area contributed by atoms with Gasteiger partial charge >= 0.3 is 0 Å². The maximum Gasteiger partial charge on any atom is 0.273 e. The molecule has 0 aromatic carbocycles. The second-order valence-electron chi connectivity index (χ2n) is 4.54. The molecule has 0 saturated carbocycles. The van der Waals surface area contributed by atoms with E-state index in [4.69, 9.17) is 0 Å². The number of nitrogens with one attached hydrogen (secondary N) is 1. The first-order chi connectivity index (χ1) is 8.72. The van der Waals surface area contributed by atoms with Crippen molar-refractivity contribution in [2.45, 2.75) is 32.4 Å². The second-order valence-corrected chi connectivity index (χ2v) is 4.54. The van der Waals surface area contributed by atoms with E-state index in [1.165, 1.54) is 6.26 Å². The van der Waals surface area contributed by atoms with E-state index in [9.17, 15) is 4.79 Å². The number of hydrogen-bond donors (Lipinski definition) is 1. The first kappa shape index (κ1) is 11.0. The molecule has 0 saturated heterocycles. The lowest BCUT2D eigenvalue weighted by Crippen LogP contribution is -2.41. The van der Waals surface area contributed by atoms with Crippen LogP contribution in [0.15, 0.2) is 23.0 Å². The average molecular weight is 246 g/mol. The first-order valence-corrected chi connectivity index (χ1v) is 5.96. The molecule has 94 valence electrons. The highest BCUT2D eigenvalue weighted by atomic mass is 16.5. The van der Waals surface area contributed by atoms with Crippen LogP contribution in [0.5, 0.6) is 0 Å². The van der Waals surface area contributed by atoms with Gasteiger partial charge in [0.15, 0.2) is 5.69 Å². The van der Waals surface area contributed by atoms with Crippen molar-refractivity contribution in [1.82, 2.24) is 20.0 Å². The summed E-state index contributed by atoms with van der Waals surface area (Å²) in [6.45, 7) is 2.74. The highest BCUT2D eigenvalue weighted by Crippen LogP contribution is 2.15. The summed E-state index contributed by atoms with van der Waals surface area (Å²) < 4.78 is 6.76. The van der Waals surface area contributed by atoms with Gasteiger partial charge in [0.05, 0.1) is 5.69 Å². The molecule has 18 heavy (non-hydrogen) atoms. The summed E-state index contributed by atoms with van der Waals surface area (Å²) >= 11 is 0. The van der Waals surface area contributed by atoms with Gasteiger partial charge in [0.1, 0.15) is 12.1 Å². The summed E-state index contributed by atoms with van der Waals surface area (Å²) in [5.41, 5.74) is 1.34. The third-order valence-electron chi connectivity index (χ3n) is 3.12. The Bertz CT molecular complexity index is 559. The van der Waals surface area contributed by atoms with Gasteiger partial charge in [0.25, 0.3) is 5.91 Å². The Morgan fingerprint density at radius 2 is 2.50 bits per heavy atom. The number of rotatable bonds is 2. The van der Waals surface area contributed by atoms with Crippen LogP contribution in [-0.4, -0.2) is 26.7 Å². The molecule has 2 aromatic rings. The van der Waals surface area contributed by atoms with Crippen LogP contribution >= 0.6 is 0 Å². The van der Waals surface area contributed by atoms with E-state index in [1.54, 1.807) is 6.07 Å². The van der Waals surface area contributed by atoms with Gasteiger partial charge in [-0.25, -0.2) is 4.98 Å². The molecule has 0 fully saturated rings. The molecule has 0 spiro atoms. The van der Waals surface area contributed by atoms with Crippen LogP contribution in [0.1, 0.15) is 28.4 Å². The number of carbonyl (C=O) groups excluding carboxylic acids is 1. The highest BCUT2D eigenvalue weighted by molar-refractivity contribution is 5.92. The van der Waals surface area contributed by atoms with Gasteiger partial charge < -0.3 is 14.4 Å². The summed E-state index contributed by atoms with van der Waals surface area (Å²) in [6, 6.07) is 1.68. The standard InChI is InChI=1S/C12H14N4O2/c1-8-6-16-7-9(2-3-11(16)13-8)14-12(17)10-4-5-18-15-10/h4-6,9H,2-3,7H2,1H3,(H,14,17). The average Bonchev–Trinajstić information content (AvgIpc) is 2.95. The minimum atomic E-state index is -0.186. The van der Waals surface area contributed by atoms with Crippen molar-refractivity contribution in [3.63, 3.8) is 0 Å². The second kappa shape index (κ2) is 4.29. The molecule has 0 radical (unpaired) electrons. The van der Waals surface area contributed by atoms with Crippen molar-refractivity contribution >= 4 is 5.91 Å². The Balaban J connectivity index is 1.68. The molecule has 1 N–H and O–H groups in total. The summed E-state index contributed by atoms with van der Waals surface area (Å²) in [7, 11) is 0. The lowest BCUT2D eigenvalue weighted by Gasteiger charge is -2.24. The summed E-state index contributed by atoms with van der Waals surface area (Å²) in [5, 5.41) is 6.59. The molecule has 3 heterocycles. The van der Waals surface area contributed by atoms with Crippen LogP contribution in [0.4, 0.5) is 0 Å². The fraction of sp³-hybridized carbons (Fsp3) is 0.417. The minimum Gasteiger partial charge on any atom is -0.364 e. The topological polar surface area (TPSA) is 73.0 Å². The number of amides is 1. The monoisotopic (exact) mass is 246 g/mol. The molecular formula is C12H14N4O2. The summed E-state index contributed by atoms with van der Waals surface area (Å²) in [6.07, 6.45) is 5.20. The van der Waals surface area contributed by atoms with Crippen molar-refractivity contribution in [1.29, 1.82) is 0 Å². The largest absolute Gasteiger partial charge is 0.364 e. The fourth-order valence-corrected chi connectivity index (χ4v) is 2.29. The van der Waals surface area contributed by atoms with Crippen molar-refractivity contribution < 1.29 is 9.32 Å². The molecule has 1 amide bonds. The number of nitrogens with zero attached hydrogens (tertiary/aromatic N) is 3. The third kappa shape index (κ3) is 2.01. The van der Waals surface area contributed by atoms with E-state index >= 15 is 0 Å². The molecule has 6 nitrogen and oxygen atoms in total. The number of fused-ring (bicyclic) bond motifs is 1. The normalized spacial score (nSPS) is 18.4. The maximum atomic E-state index is 11.8. The Morgan fingerprint density at radius 3 is 3.28 bits per heavy atom. The number of aryl methyl sites for hydroxylation is 2. The molecule has 1 unspecified atom stereocenters. The molecular weight excluding hydrogens is 232 g/mol. The summed E-state index contributed by atoms with van der Waals surface area (Å²) in [5.74, 6) is 0.911. The van der Waals surface area contributed by atoms with Crippen molar-refractivity contribution in [2.75, 3.05) is 0 Å². The Kier molecular flexibility index (Phi) is 2.62. The molecule has 1 aliphatic heterocycles. The van der Waals surface area contributed by atoms with Crippen molar-refractivity contribution in [2.24, 2.45) is 0 Å². The smallest absolute Gasteiger partial charge is 0.273 e. The maximum absolute atomic E-state index is 11.8. The molecule has 2 aromatic heterocycles. The molecule has 0 aliphatic carbocycles. The van der Waals surface area contributed by atoms with Gasteiger partial charge in [-0.3, -0.25) is 4.79 Å². The van der Waals surface area contributed by atoms with Crippen molar-refractivity contribution in [3.8, 4) is 0 Å². The number of aromatic nitrogens is 3. The van der Waals surface area contributed by atoms with E-state index in [0.29, 0.717) is 5.69 Å². The lowest BCUT2D eigenvalue weighted by atomic mass is 10.1. The molecule has 6 heteroatoms. The predicted octanol–water partition coefficient (Wildman–Crippen LogP) is 0.924. The SMILES string of the molecule is Cc1cn2c(n1)CCC(NC(=O)c1ccon1)C2. The molecule has 0 bridgehead atoms. The van der Waals surface area contributed by atoms with Gasteiger partial charge in [-0.2, -0.15) is 0 Å². The first-order valence-electron chi connectivity index (χ1n) is 5.96. The zero-order valence-electron chi connectivity index (χ0n) is 10.1. The van der Waals surface area contributed by atoms with E-state index < -0.39 is 0 Å². The summed E-state index contributed by atoms with van der Waals surface area (Å²) in [4.78, 5) is 16.3. The van der Waals surface area contributed by atoms with E-state index in [1.807, 2.05) is 13.1 Å². The number of imidazole rings is 1. The Hall–Kier alpha value is -2.11. The van der Waals surface area contributed by atoms with Gasteiger partial charge in [0, 0.05) is 31.3 Å². The number of hydrogen-bond acceptors (Lipinski definition) is 4. The van der Waals surface area contributed by atoms with Crippen LogP contribution < -0.4 is 5.32 Å². The highest BCUT2D eigenvalue weighted by Gasteiger charge is 2.22.